The van der Waals surface area contributed by atoms with Crippen LogP contribution in [0.4, 0.5) is 13.2 Å². The smallest absolute Gasteiger partial charge is 0.453 e. The highest BCUT2D eigenvalue weighted by atomic mass is 35.5. The molecule has 2 aromatic heterocycles. The van der Waals surface area contributed by atoms with Crippen molar-refractivity contribution < 1.29 is 23.1 Å². The number of hydrogen-bond donors (Lipinski definition) is 1. The molecule has 2 aromatic rings. The average Bonchev–Trinajstić information content (AvgIpc) is 2.59. The minimum atomic E-state index is -4.78. The zero-order chi connectivity index (χ0) is 12.8. The van der Waals surface area contributed by atoms with E-state index in [1.54, 1.807) is 0 Å². The Hall–Kier alpha value is -1.90. The zero-order valence-electron chi connectivity index (χ0n) is 7.73. The van der Waals surface area contributed by atoms with Gasteiger partial charge in [-0.1, -0.05) is 11.6 Å². The molecule has 10 heteroatoms. The molecule has 0 aliphatic rings. The molecule has 0 aliphatic carbocycles. The minimum absolute atomic E-state index is 0.330. The van der Waals surface area contributed by atoms with Crippen molar-refractivity contribution in [2.45, 2.75) is 6.18 Å². The number of carboxylic acids is 1. The number of aromatic carboxylic acids is 1. The maximum absolute atomic E-state index is 12.3. The summed E-state index contributed by atoms with van der Waals surface area (Å²) in [7, 11) is 0. The van der Waals surface area contributed by atoms with Crippen LogP contribution < -0.4 is 0 Å². The summed E-state index contributed by atoms with van der Waals surface area (Å²) >= 11 is 5.51. The summed E-state index contributed by atoms with van der Waals surface area (Å²) in [5.74, 6) is -3.49. The number of rotatable bonds is 1. The number of carboxylic acid groups (broad SMARTS) is 1. The standard InChI is InChI=1S/C7H2ClF3N4O2/c8-2-1-12-6-13-5(7(9,10)11)14-15(6)3(2)4(16)17/h1H,(H,16,17). The number of nitrogens with zero attached hydrogens (tertiary/aromatic N) is 4. The molecule has 0 atom stereocenters. The summed E-state index contributed by atoms with van der Waals surface area (Å²) in [4.78, 5) is 17.3. The van der Waals surface area contributed by atoms with E-state index in [0.29, 0.717) is 4.52 Å². The minimum Gasteiger partial charge on any atom is -0.476 e. The Morgan fingerprint density at radius 1 is 1.47 bits per heavy atom. The van der Waals surface area contributed by atoms with Gasteiger partial charge in [-0.3, -0.25) is 0 Å². The molecule has 0 spiro atoms. The van der Waals surface area contributed by atoms with Crippen LogP contribution >= 0.6 is 11.6 Å². The molecule has 0 saturated carbocycles. The third-order valence-corrected chi connectivity index (χ3v) is 2.05. The molecule has 0 aliphatic heterocycles. The lowest BCUT2D eigenvalue weighted by atomic mass is 10.4. The van der Waals surface area contributed by atoms with Crippen molar-refractivity contribution in [1.29, 1.82) is 0 Å². The van der Waals surface area contributed by atoms with Crippen molar-refractivity contribution in [2.24, 2.45) is 0 Å². The Labute approximate surface area is 95.7 Å². The summed E-state index contributed by atoms with van der Waals surface area (Å²) in [5, 5.41) is 11.5. The molecule has 0 bridgehead atoms. The monoisotopic (exact) mass is 266 g/mol. The van der Waals surface area contributed by atoms with Gasteiger partial charge in [0.1, 0.15) is 0 Å². The van der Waals surface area contributed by atoms with Gasteiger partial charge in [-0.2, -0.15) is 22.7 Å². The van der Waals surface area contributed by atoms with Gasteiger partial charge in [0.15, 0.2) is 5.69 Å². The zero-order valence-corrected chi connectivity index (χ0v) is 8.49. The normalized spacial score (nSPS) is 12.0. The Kier molecular flexibility index (Phi) is 2.42. The van der Waals surface area contributed by atoms with Crippen LogP contribution in [-0.4, -0.2) is 30.7 Å². The van der Waals surface area contributed by atoms with Gasteiger partial charge in [0.05, 0.1) is 11.2 Å². The van der Waals surface area contributed by atoms with E-state index in [-0.39, 0.29) is 5.02 Å². The lowest BCUT2D eigenvalue weighted by Crippen LogP contribution is -2.10. The molecule has 6 nitrogen and oxygen atoms in total. The molecule has 90 valence electrons. The van der Waals surface area contributed by atoms with E-state index in [9.17, 15) is 18.0 Å². The second-order valence-corrected chi connectivity index (χ2v) is 3.31. The van der Waals surface area contributed by atoms with Crippen LogP contribution in [0.15, 0.2) is 6.20 Å². The van der Waals surface area contributed by atoms with Crippen LogP contribution in [-0.2, 0) is 6.18 Å². The van der Waals surface area contributed by atoms with Gasteiger partial charge >= 0.3 is 12.1 Å². The predicted octanol–water partition coefficient (Wildman–Crippen LogP) is 1.49. The topological polar surface area (TPSA) is 80.4 Å². The maximum Gasteiger partial charge on any atom is 0.453 e. The Balaban J connectivity index is 2.78. The number of fused-ring (bicyclic) bond motifs is 1. The fraction of sp³-hybridized carbons (Fsp3) is 0.143. The number of carbonyl (C=O) groups is 1. The van der Waals surface area contributed by atoms with Crippen molar-refractivity contribution in [3.05, 3.63) is 22.7 Å². The van der Waals surface area contributed by atoms with Gasteiger partial charge in [-0.25, -0.2) is 9.78 Å². The van der Waals surface area contributed by atoms with Gasteiger partial charge in [0, 0.05) is 0 Å². The van der Waals surface area contributed by atoms with Crippen LogP contribution in [0, 0.1) is 0 Å². The SMILES string of the molecule is O=C(O)c1c(Cl)cnc2nc(C(F)(F)F)nn12. The van der Waals surface area contributed by atoms with Crippen LogP contribution in [0.3, 0.4) is 0 Å². The Bertz CT molecular complexity index is 609. The highest BCUT2D eigenvalue weighted by Gasteiger charge is 2.37. The Morgan fingerprint density at radius 2 is 2.12 bits per heavy atom. The highest BCUT2D eigenvalue weighted by molar-refractivity contribution is 6.33. The van der Waals surface area contributed by atoms with Crippen molar-refractivity contribution in [3.63, 3.8) is 0 Å². The molecule has 17 heavy (non-hydrogen) atoms. The lowest BCUT2D eigenvalue weighted by molar-refractivity contribution is -0.144. The molecule has 2 rings (SSSR count). The van der Waals surface area contributed by atoms with Gasteiger partial charge in [-0.05, 0) is 0 Å². The average molecular weight is 267 g/mol. The van der Waals surface area contributed by atoms with E-state index < -0.39 is 29.4 Å². The largest absolute Gasteiger partial charge is 0.476 e. The molecular formula is C7H2ClF3N4O2. The third-order valence-electron chi connectivity index (χ3n) is 1.78. The number of hydrogen-bond acceptors (Lipinski definition) is 4. The van der Waals surface area contributed by atoms with E-state index in [1.807, 2.05) is 0 Å². The van der Waals surface area contributed by atoms with Gasteiger partial charge < -0.3 is 5.11 Å². The first-order valence-electron chi connectivity index (χ1n) is 4.02. The number of halogens is 4. The van der Waals surface area contributed by atoms with Crippen LogP contribution in [0.25, 0.3) is 5.78 Å². The summed E-state index contributed by atoms with van der Waals surface area (Å²) in [6, 6.07) is 0. The number of aromatic nitrogens is 4. The van der Waals surface area contributed by atoms with E-state index in [4.69, 9.17) is 16.7 Å². The molecular weight excluding hydrogens is 265 g/mol. The van der Waals surface area contributed by atoms with E-state index in [1.165, 1.54) is 0 Å². The molecule has 0 fully saturated rings. The number of alkyl halides is 3. The van der Waals surface area contributed by atoms with Gasteiger partial charge in [-0.15, -0.1) is 5.10 Å². The Morgan fingerprint density at radius 3 is 2.65 bits per heavy atom. The second-order valence-electron chi connectivity index (χ2n) is 2.90. The van der Waals surface area contributed by atoms with Crippen molar-refractivity contribution in [2.75, 3.05) is 0 Å². The summed E-state index contributed by atoms with van der Waals surface area (Å²) in [6.07, 6.45) is -3.88. The van der Waals surface area contributed by atoms with Crippen LogP contribution in [0.1, 0.15) is 16.3 Å². The fourth-order valence-corrected chi connectivity index (χ4v) is 1.34. The van der Waals surface area contributed by atoms with E-state index in [0.717, 1.165) is 6.20 Å². The molecule has 0 amide bonds. The predicted molar refractivity (Wildman–Crippen MR) is 47.8 cm³/mol. The first-order valence-corrected chi connectivity index (χ1v) is 4.40. The summed E-state index contributed by atoms with van der Waals surface area (Å²) < 4.78 is 37.4. The molecule has 0 radical (unpaired) electrons. The first kappa shape index (κ1) is 11.6. The summed E-state index contributed by atoms with van der Waals surface area (Å²) in [6.45, 7) is 0. The molecule has 0 saturated heterocycles. The third kappa shape index (κ3) is 1.88. The molecule has 0 unspecified atom stereocenters. The highest BCUT2D eigenvalue weighted by Crippen LogP contribution is 2.27. The molecule has 2 heterocycles. The maximum atomic E-state index is 12.3. The van der Waals surface area contributed by atoms with Crippen molar-refractivity contribution in [3.8, 4) is 0 Å². The fourth-order valence-electron chi connectivity index (χ4n) is 1.13. The molecule has 1 N–H and O–H groups in total. The second kappa shape index (κ2) is 3.55. The summed E-state index contributed by atoms with van der Waals surface area (Å²) in [5.41, 5.74) is -0.625. The van der Waals surface area contributed by atoms with Gasteiger partial charge in [0.25, 0.3) is 11.6 Å². The van der Waals surface area contributed by atoms with E-state index >= 15 is 0 Å². The quantitative estimate of drug-likeness (QED) is 0.846. The van der Waals surface area contributed by atoms with Crippen LogP contribution in [0.2, 0.25) is 5.02 Å². The van der Waals surface area contributed by atoms with Crippen molar-refractivity contribution in [1.82, 2.24) is 19.6 Å². The van der Waals surface area contributed by atoms with E-state index in [2.05, 4.69) is 15.1 Å². The molecule has 0 aromatic carbocycles. The van der Waals surface area contributed by atoms with Crippen LogP contribution in [0.5, 0.6) is 0 Å². The lowest BCUT2D eigenvalue weighted by Gasteiger charge is -1.99. The first-order chi connectivity index (χ1) is 7.80. The van der Waals surface area contributed by atoms with Crippen molar-refractivity contribution >= 4 is 23.3 Å². The van der Waals surface area contributed by atoms with Gasteiger partial charge in [0.2, 0.25) is 0 Å².